The number of hydrazine groups is 1. The van der Waals surface area contributed by atoms with Crippen LogP contribution < -0.4 is 10.7 Å². The summed E-state index contributed by atoms with van der Waals surface area (Å²) >= 11 is 0. The molecule has 0 spiro atoms. The molecule has 20 heavy (non-hydrogen) atoms. The fraction of sp³-hybridized carbons (Fsp3) is 0.294. The zero-order valence-corrected chi connectivity index (χ0v) is 11.8. The van der Waals surface area contributed by atoms with Gasteiger partial charge >= 0.3 is 0 Å². The van der Waals surface area contributed by atoms with Gasteiger partial charge in [0.2, 0.25) is 0 Å². The first kappa shape index (κ1) is 13.3. The van der Waals surface area contributed by atoms with Crippen molar-refractivity contribution in [1.82, 2.24) is 15.8 Å². The molecule has 104 valence electrons. The molecule has 1 unspecified atom stereocenters. The highest BCUT2D eigenvalue weighted by Gasteiger charge is 2.29. The predicted molar refractivity (Wildman–Crippen MR) is 82.0 cm³/mol. The Hall–Kier alpha value is -1.68. The molecule has 0 aromatic heterocycles. The van der Waals surface area contributed by atoms with E-state index in [0.29, 0.717) is 6.17 Å². The van der Waals surface area contributed by atoms with Crippen molar-refractivity contribution in [2.75, 3.05) is 13.6 Å². The van der Waals surface area contributed by atoms with Crippen molar-refractivity contribution in [3.05, 3.63) is 71.8 Å². The van der Waals surface area contributed by atoms with Gasteiger partial charge in [-0.1, -0.05) is 60.7 Å². The Morgan fingerprint density at radius 2 is 1.50 bits per heavy atom. The van der Waals surface area contributed by atoms with E-state index in [-0.39, 0.29) is 6.04 Å². The fourth-order valence-electron chi connectivity index (χ4n) is 2.70. The molecular formula is C17H21N3. The molecule has 1 aliphatic heterocycles. The minimum absolute atomic E-state index is 0.235. The summed E-state index contributed by atoms with van der Waals surface area (Å²) in [6, 6.07) is 21.5. The number of nitrogens with one attached hydrogen (secondary N) is 2. The fourth-order valence-corrected chi connectivity index (χ4v) is 2.70. The minimum atomic E-state index is 0.235. The van der Waals surface area contributed by atoms with E-state index in [1.165, 1.54) is 17.5 Å². The second kappa shape index (κ2) is 6.18. The summed E-state index contributed by atoms with van der Waals surface area (Å²) in [5.41, 5.74) is 5.84. The normalized spacial score (nSPS) is 19.0. The molecule has 3 rings (SSSR count). The third-order valence-corrected chi connectivity index (χ3v) is 3.93. The first-order valence-electron chi connectivity index (χ1n) is 7.18. The Kier molecular flexibility index (Phi) is 4.11. The van der Waals surface area contributed by atoms with Crippen LogP contribution in [0.25, 0.3) is 0 Å². The highest BCUT2D eigenvalue weighted by atomic mass is 15.6. The maximum Gasteiger partial charge on any atom is 0.0752 e. The number of nitrogens with zero attached hydrogens (tertiary/aromatic N) is 1. The lowest BCUT2D eigenvalue weighted by molar-refractivity contribution is 0.0152. The molecule has 2 aromatic rings. The lowest BCUT2D eigenvalue weighted by atomic mass is 9.97. The van der Waals surface area contributed by atoms with Crippen molar-refractivity contribution in [3.8, 4) is 0 Å². The Morgan fingerprint density at radius 3 is 1.90 bits per heavy atom. The molecule has 2 aromatic carbocycles. The number of benzene rings is 2. The smallest absolute Gasteiger partial charge is 0.0752 e. The van der Waals surface area contributed by atoms with E-state index in [4.69, 9.17) is 0 Å². The van der Waals surface area contributed by atoms with Crippen LogP contribution in [0.2, 0.25) is 0 Å². The molecule has 2 N–H and O–H groups in total. The van der Waals surface area contributed by atoms with Crippen LogP contribution in [0.1, 0.15) is 23.6 Å². The topological polar surface area (TPSA) is 27.3 Å². The van der Waals surface area contributed by atoms with E-state index in [1.54, 1.807) is 0 Å². The van der Waals surface area contributed by atoms with Crippen LogP contribution in [0, 0.1) is 0 Å². The number of hydrogen-bond acceptors (Lipinski definition) is 3. The summed E-state index contributed by atoms with van der Waals surface area (Å²) in [5, 5.41) is 5.99. The maximum absolute atomic E-state index is 3.75. The van der Waals surface area contributed by atoms with Gasteiger partial charge in [0.25, 0.3) is 0 Å². The monoisotopic (exact) mass is 267 g/mol. The molecule has 1 saturated heterocycles. The molecule has 0 saturated carbocycles. The first-order valence-corrected chi connectivity index (χ1v) is 7.18. The summed E-state index contributed by atoms with van der Waals surface area (Å²) in [4.78, 5) is 0. The largest absolute Gasteiger partial charge is 0.290 e. The average molecular weight is 267 g/mol. The van der Waals surface area contributed by atoms with Gasteiger partial charge in [0.15, 0.2) is 0 Å². The van der Waals surface area contributed by atoms with Crippen LogP contribution in [-0.2, 0) is 0 Å². The summed E-state index contributed by atoms with van der Waals surface area (Å²) in [7, 11) is 1.98. The lowest BCUT2D eigenvalue weighted by Crippen LogP contribution is -2.61. The zero-order chi connectivity index (χ0) is 13.8. The quantitative estimate of drug-likeness (QED) is 0.871. The standard InChI is InChI=1S/C17H21N3/c1-18-20-13-12-16(20)19-17(14-8-4-2-5-9-14)15-10-6-3-7-11-15/h2-11,16-19H,12-13H2,1H3. The Bertz CT molecular complexity index is 485. The molecule has 0 bridgehead atoms. The molecule has 0 amide bonds. The molecule has 3 nitrogen and oxygen atoms in total. The lowest BCUT2D eigenvalue weighted by Gasteiger charge is -2.42. The third-order valence-electron chi connectivity index (χ3n) is 3.93. The second-order valence-corrected chi connectivity index (χ2v) is 5.14. The number of hydrogen-bond donors (Lipinski definition) is 2. The van der Waals surface area contributed by atoms with Gasteiger partial charge in [-0.05, 0) is 24.6 Å². The summed E-state index contributed by atoms with van der Waals surface area (Å²) in [6.45, 7) is 1.10. The second-order valence-electron chi connectivity index (χ2n) is 5.14. The van der Waals surface area contributed by atoms with Crippen molar-refractivity contribution in [3.63, 3.8) is 0 Å². The van der Waals surface area contributed by atoms with E-state index in [0.717, 1.165) is 6.54 Å². The van der Waals surface area contributed by atoms with Crippen LogP contribution in [0.4, 0.5) is 0 Å². The van der Waals surface area contributed by atoms with Crippen molar-refractivity contribution in [2.45, 2.75) is 18.6 Å². The van der Waals surface area contributed by atoms with Gasteiger partial charge in [-0.15, -0.1) is 0 Å². The van der Waals surface area contributed by atoms with Crippen molar-refractivity contribution in [1.29, 1.82) is 0 Å². The van der Waals surface area contributed by atoms with E-state index in [9.17, 15) is 0 Å². The Balaban J connectivity index is 1.84. The average Bonchev–Trinajstić information content (AvgIpc) is 2.49. The van der Waals surface area contributed by atoms with Crippen LogP contribution in [0.5, 0.6) is 0 Å². The highest BCUT2D eigenvalue weighted by Crippen LogP contribution is 2.25. The van der Waals surface area contributed by atoms with E-state index in [2.05, 4.69) is 76.4 Å². The van der Waals surface area contributed by atoms with Gasteiger partial charge in [-0.25, -0.2) is 5.01 Å². The highest BCUT2D eigenvalue weighted by molar-refractivity contribution is 5.31. The third kappa shape index (κ3) is 2.75. The Labute approximate surface area is 120 Å². The molecule has 1 aliphatic rings. The molecule has 0 radical (unpaired) electrons. The van der Waals surface area contributed by atoms with Gasteiger partial charge in [-0.3, -0.25) is 10.7 Å². The van der Waals surface area contributed by atoms with E-state index >= 15 is 0 Å². The maximum atomic E-state index is 3.75. The molecule has 1 fully saturated rings. The summed E-state index contributed by atoms with van der Waals surface area (Å²) < 4.78 is 0. The van der Waals surface area contributed by atoms with Crippen molar-refractivity contribution >= 4 is 0 Å². The minimum Gasteiger partial charge on any atom is -0.290 e. The zero-order valence-electron chi connectivity index (χ0n) is 11.8. The SMILES string of the molecule is CNN1CCC1NC(c1ccccc1)c1ccccc1. The molecule has 0 aliphatic carbocycles. The van der Waals surface area contributed by atoms with Gasteiger partial charge in [0.05, 0.1) is 12.2 Å². The molecule has 3 heteroatoms. The van der Waals surface area contributed by atoms with Crippen molar-refractivity contribution in [2.24, 2.45) is 0 Å². The molecular weight excluding hydrogens is 246 g/mol. The van der Waals surface area contributed by atoms with Crippen LogP contribution in [-0.4, -0.2) is 24.8 Å². The van der Waals surface area contributed by atoms with Crippen LogP contribution in [0.3, 0.4) is 0 Å². The van der Waals surface area contributed by atoms with E-state index in [1.807, 2.05) is 7.05 Å². The number of rotatable bonds is 5. The van der Waals surface area contributed by atoms with Gasteiger partial charge < -0.3 is 0 Å². The molecule has 1 atom stereocenters. The van der Waals surface area contributed by atoms with Crippen LogP contribution in [0.15, 0.2) is 60.7 Å². The van der Waals surface area contributed by atoms with Gasteiger partial charge in [0, 0.05) is 6.54 Å². The van der Waals surface area contributed by atoms with Gasteiger partial charge in [-0.2, -0.15) is 0 Å². The van der Waals surface area contributed by atoms with Crippen LogP contribution >= 0.6 is 0 Å². The predicted octanol–water partition coefficient (Wildman–Crippen LogP) is 2.53. The van der Waals surface area contributed by atoms with Gasteiger partial charge in [0.1, 0.15) is 0 Å². The first-order chi connectivity index (χ1) is 9.88. The summed E-state index contributed by atoms with van der Waals surface area (Å²) in [6.07, 6.45) is 1.57. The summed E-state index contributed by atoms with van der Waals surface area (Å²) in [5.74, 6) is 0. The Morgan fingerprint density at radius 1 is 0.950 bits per heavy atom. The van der Waals surface area contributed by atoms with E-state index < -0.39 is 0 Å². The van der Waals surface area contributed by atoms with Crippen molar-refractivity contribution < 1.29 is 0 Å². The molecule has 1 heterocycles.